The monoisotopic (exact) mass is 252 g/mol. The topological polar surface area (TPSA) is 42.0 Å². The van der Waals surface area contributed by atoms with E-state index >= 15 is 0 Å². The van der Waals surface area contributed by atoms with Crippen LogP contribution < -0.4 is 5.32 Å². The summed E-state index contributed by atoms with van der Waals surface area (Å²) in [6.07, 6.45) is 7.17. The SMILES string of the molecule is CC.CC.CCCCCC(=O)Nc1ccncc1. The summed E-state index contributed by atoms with van der Waals surface area (Å²) in [4.78, 5) is 15.2. The highest BCUT2D eigenvalue weighted by Crippen LogP contribution is 2.05. The molecule has 0 saturated carbocycles. The van der Waals surface area contributed by atoms with E-state index in [-0.39, 0.29) is 5.91 Å². The molecule has 1 aromatic heterocycles. The molecule has 0 atom stereocenters. The Kier molecular flexibility index (Phi) is 16.5. The maximum absolute atomic E-state index is 11.4. The van der Waals surface area contributed by atoms with Gasteiger partial charge in [-0.2, -0.15) is 0 Å². The zero-order chi connectivity index (χ0) is 14.2. The predicted octanol–water partition coefficient (Wildman–Crippen LogP) is 4.65. The van der Waals surface area contributed by atoms with Crippen LogP contribution in [0.15, 0.2) is 24.5 Å². The van der Waals surface area contributed by atoms with Crippen molar-refractivity contribution in [2.45, 2.75) is 60.3 Å². The minimum Gasteiger partial charge on any atom is -0.326 e. The first kappa shape index (κ1) is 19.0. The van der Waals surface area contributed by atoms with Crippen molar-refractivity contribution in [3.05, 3.63) is 24.5 Å². The fourth-order valence-corrected chi connectivity index (χ4v) is 1.19. The van der Waals surface area contributed by atoms with E-state index in [4.69, 9.17) is 0 Å². The van der Waals surface area contributed by atoms with Crippen LogP contribution in [-0.4, -0.2) is 10.9 Å². The van der Waals surface area contributed by atoms with Gasteiger partial charge in [-0.05, 0) is 18.6 Å². The van der Waals surface area contributed by atoms with Gasteiger partial charge in [0.05, 0.1) is 0 Å². The molecule has 1 aromatic rings. The Hall–Kier alpha value is -1.38. The lowest BCUT2D eigenvalue weighted by Crippen LogP contribution is -2.10. The average Bonchev–Trinajstić information content (AvgIpc) is 2.45. The van der Waals surface area contributed by atoms with Crippen molar-refractivity contribution in [3.63, 3.8) is 0 Å². The molecular weight excluding hydrogens is 224 g/mol. The summed E-state index contributed by atoms with van der Waals surface area (Å²) in [5, 5.41) is 2.82. The molecule has 0 unspecified atom stereocenters. The summed E-state index contributed by atoms with van der Waals surface area (Å²) in [6, 6.07) is 3.58. The van der Waals surface area contributed by atoms with Gasteiger partial charge in [0.25, 0.3) is 0 Å². The van der Waals surface area contributed by atoms with Crippen LogP contribution >= 0.6 is 0 Å². The van der Waals surface area contributed by atoms with E-state index < -0.39 is 0 Å². The molecule has 104 valence electrons. The Morgan fingerprint density at radius 2 is 1.67 bits per heavy atom. The minimum absolute atomic E-state index is 0.0876. The second kappa shape index (κ2) is 15.6. The molecule has 0 aliphatic carbocycles. The first-order chi connectivity index (χ1) is 8.83. The van der Waals surface area contributed by atoms with E-state index in [1.807, 2.05) is 27.7 Å². The second-order valence-electron chi connectivity index (χ2n) is 3.24. The van der Waals surface area contributed by atoms with Crippen LogP contribution in [0.1, 0.15) is 60.3 Å². The van der Waals surface area contributed by atoms with Crippen LogP contribution in [0.4, 0.5) is 5.69 Å². The van der Waals surface area contributed by atoms with Crippen LogP contribution in [0.3, 0.4) is 0 Å². The normalized spacial score (nSPS) is 8.28. The minimum atomic E-state index is 0.0876. The van der Waals surface area contributed by atoms with Gasteiger partial charge in [0.15, 0.2) is 0 Å². The first-order valence-corrected chi connectivity index (χ1v) is 7.03. The van der Waals surface area contributed by atoms with E-state index in [0.717, 1.165) is 24.9 Å². The van der Waals surface area contributed by atoms with E-state index in [1.165, 1.54) is 0 Å². The highest BCUT2D eigenvalue weighted by Gasteiger charge is 2.00. The quantitative estimate of drug-likeness (QED) is 0.775. The van der Waals surface area contributed by atoms with Crippen LogP contribution in [0, 0.1) is 0 Å². The molecule has 1 amide bonds. The number of unbranched alkanes of at least 4 members (excludes halogenated alkanes) is 2. The van der Waals surface area contributed by atoms with Crippen molar-refractivity contribution in [2.24, 2.45) is 0 Å². The molecule has 0 bridgehead atoms. The molecule has 0 aliphatic rings. The third kappa shape index (κ3) is 11.1. The van der Waals surface area contributed by atoms with E-state index in [1.54, 1.807) is 24.5 Å². The third-order valence-corrected chi connectivity index (χ3v) is 1.97. The fraction of sp³-hybridized carbons (Fsp3) is 0.600. The van der Waals surface area contributed by atoms with Crippen molar-refractivity contribution in [3.8, 4) is 0 Å². The third-order valence-electron chi connectivity index (χ3n) is 1.97. The fourth-order valence-electron chi connectivity index (χ4n) is 1.19. The summed E-state index contributed by atoms with van der Waals surface area (Å²) in [7, 11) is 0. The summed E-state index contributed by atoms with van der Waals surface area (Å²) >= 11 is 0. The largest absolute Gasteiger partial charge is 0.326 e. The summed E-state index contributed by atoms with van der Waals surface area (Å²) in [6.45, 7) is 10.1. The van der Waals surface area contributed by atoms with Crippen LogP contribution in [0.5, 0.6) is 0 Å². The number of anilines is 1. The van der Waals surface area contributed by atoms with Crippen LogP contribution in [0.2, 0.25) is 0 Å². The van der Waals surface area contributed by atoms with Gasteiger partial charge in [-0.1, -0.05) is 47.5 Å². The van der Waals surface area contributed by atoms with Gasteiger partial charge in [-0.25, -0.2) is 0 Å². The highest BCUT2D eigenvalue weighted by atomic mass is 16.1. The molecule has 18 heavy (non-hydrogen) atoms. The second-order valence-corrected chi connectivity index (χ2v) is 3.24. The number of nitrogens with one attached hydrogen (secondary N) is 1. The van der Waals surface area contributed by atoms with Crippen LogP contribution in [0.25, 0.3) is 0 Å². The standard InChI is InChI=1S/C11H16N2O.2C2H6/c1-2-3-4-5-11(14)13-10-6-8-12-9-7-10;2*1-2/h6-9H,2-5H2,1H3,(H,12,13,14);2*1-2H3. The summed E-state index contributed by atoms with van der Waals surface area (Å²) < 4.78 is 0. The van der Waals surface area contributed by atoms with Crippen molar-refractivity contribution in [1.29, 1.82) is 0 Å². The Morgan fingerprint density at radius 1 is 1.11 bits per heavy atom. The van der Waals surface area contributed by atoms with Crippen molar-refractivity contribution in [2.75, 3.05) is 5.32 Å². The average molecular weight is 252 g/mol. The molecule has 1 heterocycles. The molecule has 0 spiro atoms. The smallest absolute Gasteiger partial charge is 0.224 e. The lowest BCUT2D eigenvalue weighted by Gasteiger charge is -2.03. The number of hydrogen-bond acceptors (Lipinski definition) is 2. The Balaban J connectivity index is 0. The van der Waals surface area contributed by atoms with Gasteiger partial charge in [-0.15, -0.1) is 0 Å². The van der Waals surface area contributed by atoms with Crippen LogP contribution in [-0.2, 0) is 4.79 Å². The van der Waals surface area contributed by atoms with Crippen molar-refractivity contribution < 1.29 is 4.79 Å². The highest BCUT2D eigenvalue weighted by molar-refractivity contribution is 5.90. The maximum atomic E-state index is 11.4. The molecule has 3 nitrogen and oxygen atoms in total. The molecule has 3 heteroatoms. The summed E-state index contributed by atoms with van der Waals surface area (Å²) in [5.74, 6) is 0.0876. The molecular formula is C15H28N2O. The summed E-state index contributed by atoms with van der Waals surface area (Å²) in [5.41, 5.74) is 0.821. The van der Waals surface area contributed by atoms with E-state index in [2.05, 4.69) is 17.2 Å². The number of aromatic nitrogens is 1. The van der Waals surface area contributed by atoms with E-state index in [0.29, 0.717) is 6.42 Å². The Labute approximate surface area is 112 Å². The van der Waals surface area contributed by atoms with Gasteiger partial charge < -0.3 is 5.32 Å². The van der Waals surface area contributed by atoms with Gasteiger partial charge >= 0.3 is 0 Å². The number of amides is 1. The van der Waals surface area contributed by atoms with Gasteiger partial charge in [-0.3, -0.25) is 9.78 Å². The van der Waals surface area contributed by atoms with Crippen molar-refractivity contribution in [1.82, 2.24) is 4.98 Å². The molecule has 0 aromatic carbocycles. The Bertz CT molecular complexity index is 273. The maximum Gasteiger partial charge on any atom is 0.224 e. The predicted molar refractivity (Wildman–Crippen MR) is 79.7 cm³/mol. The zero-order valence-electron chi connectivity index (χ0n) is 12.5. The first-order valence-electron chi connectivity index (χ1n) is 7.03. The van der Waals surface area contributed by atoms with Gasteiger partial charge in [0.1, 0.15) is 0 Å². The lowest BCUT2D eigenvalue weighted by atomic mass is 10.2. The molecule has 0 saturated heterocycles. The molecule has 0 radical (unpaired) electrons. The molecule has 1 rings (SSSR count). The van der Waals surface area contributed by atoms with Gasteiger partial charge in [0.2, 0.25) is 5.91 Å². The number of carbonyl (C=O) groups is 1. The Morgan fingerprint density at radius 3 is 2.17 bits per heavy atom. The number of rotatable bonds is 5. The molecule has 0 aliphatic heterocycles. The zero-order valence-corrected chi connectivity index (χ0v) is 12.5. The number of pyridine rings is 1. The van der Waals surface area contributed by atoms with E-state index in [9.17, 15) is 4.79 Å². The molecule has 1 N–H and O–H groups in total. The van der Waals surface area contributed by atoms with Gasteiger partial charge in [0, 0.05) is 24.5 Å². The number of carbonyl (C=O) groups excluding carboxylic acids is 1. The number of nitrogens with zero attached hydrogens (tertiary/aromatic N) is 1. The van der Waals surface area contributed by atoms with Crippen molar-refractivity contribution >= 4 is 11.6 Å². The molecule has 0 fully saturated rings. The number of hydrogen-bond donors (Lipinski definition) is 1. The lowest BCUT2D eigenvalue weighted by molar-refractivity contribution is -0.116.